The van der Waals surface area contributed by atoms with Crippen LogP contribution in [0.4, 0.5) is 23.2 Å². The molecule has 0 saturated carbocycles. The average molecular weight is 649 g/mol. The summed E-state index contributed by atoms with van der Waals surface area (Å²) in [6, 6.07) is 13.2. The maximum absolute atomic E-state index is 14.3. The molecule has 9 nitrogen and oxygen atoms in total. The highest BCUT2D eigenvalue weighted by Gasteiger charge is 2.32. The van der Waals surface area contributed by atoms with E-state index in [2.05, 4.69) is 15.6 Å². The molecule has 0 aliphatic heterocycles. The van der Waals surface area contributed by atoms with Crippen LogP contribution in [0, 0.1) is 12.7 Å². The van der Waals surface area contributed by atoms with Gasteiger partial charge in [-0.3, -0.25) is 19.0 Å². The molecule has 0 saturated heterocycles. The molecule has 1 atom stereocenters. The van der Waals surface area contributed by atoms with Gasteiger partial charge in [-0.15, -0.1) is 0 Å². The molecule has 2 heterocycles. The molecule has 2 aromatic heterocycles. The second kappa shape index (κ2) is 12.8. The molecular weight excluding hydrogens is 616 g/mol. The van der Waals surface area contributed by atoms with E-state index >= 15 is 0 Å². The molecule has 0 aliphatic rings. The molecule has 0 spiro atoms. The van der Waals surface area contributed by atoms with Crippen LogP contribution in [-0.4, -0.2) is 58.0 Å². The van der Waals surface area contributed by atoms with Crippen molar-refractivity contribution in [2.75, 3.05) is 26.5 Å². The topological polar surface area (TPSA) is 101 Å². The third kappa shape index (κ3) is 6.80. The van der Waals surface area contributed by atoms with Crippen LogP contribution in [0.15, 0.2) is 77.9 Å². The molecular formula is C34H32F4N6O3. The van der Waals surface area contributed by atoms with Crippen LogP contribution < -0.4 is 16.2 Å². The number of carbonyl (C=O) groups excluding carboxylic acids is 2. The van der Waals surface area contributed by atoms with Crippen molar-refractivity contribution >= 4 is 28.4 Å². The number of aryl methyl sites for hydroxylation is 1. The van der Waals surface area contributed by atoms with E-state index in [-0.39, 0.29) is 35.2 Å². The number of anilines is 1. The van der Waals surface area contributed by atoms with Gasteiger partial charge in [0.25, 0.3) is 11.5 Å². The number of carbonyl (C=O) groups is 2. The van der Waals surface area contributed by atoms with E-state index < -0.39 is 35.1 Å². The highest BCUT2D eigenvalue weighted by molar-refractivity contribution is 5.95. The summed E-state index contributed by atoms with van der Waals surface area (Å²) in [4.78, 5) is 45.1. The average Bonchev–Trinajstić information content (AvgIpc) is 3.36. The van der Waals surface area contributed by atoms with Crippen molar-refractivity contribution in [1.82, 2.24) is 24.3 Å². The predicted molar refractivity (Wildman–Crippen MR) is 171 cm³/mol. The summed E-state index contributed by atoms with van der Waals surface area (Å²) in [5.74, 6) is -1.23. The summed E-state index contributed by atoms with van der Waals surface area (Å²) in [5.41, 5.74) is 0.225. The van der Waals surface area contributed by atoms with Gasteiger partial charge in [-0.05, 0) is 80.6 Å². The Bertz CT molecular complexity index is 2070. The minimum Gasteiger partial charge on any atom is -0.345 e. The smallest absolute Gasteiger partial charge is 0.345 e. The number of amides is 2. The van der Waals surface area contributed by atoms with Gasteiger partial charge in [0.05, 0.1) is 29.9 Å². The first-order valence-electron chi connectivity index (χ1n) is 14.6. The predicted octanol–water partition coefficient (Wildman–Crippen LogP) is 5.62. The number of aromatic nitrogens is 3. The van der Waals surface area contributed by atoms with E-state index in [0.717, 1.165) is 16.7 Å². The lowest BCUT2D eigenvalue weighted by molar-refractivity contribution is -0.137. The van der Waals surface area contributed by atoms with Crippen LogP contribution in [0.5, 0.6) is 0 Å². The summed E-state index contributed by atoms with van der Waals surface area (Å²) in [7, 11) is 4.75. The number of nitrogens with one attached hydrogen (secondary N) is 2. The number of rotatable bonds is 8. The summed E-state index contributed by atoms with van der Waals surface area (Å²) < 4.78 is 59.5. The Morgan fingerprint density at radius 3 is 2.47 bits per heavy atom. The molecule has 0 radical (unpaired) electrons. The van der Waals surface area contributed by atoms with Crippen LogP contribution in [0.2, 0.25) is 0 Å². The van der Waals surface area contributed by atoms with Crippen LogP contribution in [0.25, 0.3) is 28.0 Å². The van der Waals surface area contributed by atoms with Crippen LogP contribution >= 0.6 is 0 Å². The number of hydrogen-bond donors (Lipinski definition) is 2. The highest BCUT2D eigenvalue weighted by atomic mass is 19.4. The van der Waals surface area contributed by atoms with Crippen molar-refractivity contribution in [2.24, 2.45) is 0 Å². The van der Waals surface area contributed by atoms with Crippen molar-refractivity contribution in [2.45, 2.75) is 32.6 Å². The first-order valence-corrected chi connectivity index (χ1v) is 14.6. The van der Waals surface area contributed by atoms with E-state index in [1.165, 1.54) is 46.0 Å². The first-order chi connectivity index (χ1) is 22.2. The Labute approximate surface area is 267 Å². The van der Waals surface area contributed by atoms with Gasteiger partial charge < -0.3 is 20.1 Å². The molecule has 3 aromatic carbocycles. The number of likely N-dealkylation sites (N-methyl/N-ethyl adjacent to an activating group) is 1. The fourth-order valence-corrected chi connectivity index (χ4v) is 5.21. The Kier molecular flexibility index (Phi) is 9.03. The third-order valence-electron chi connectivity index (χ3n) is 7.79. The number of nitrogens with zero attached hydrogens (tertiary/aromatic N) is 4. The summed E-state index contributed by atoms with van der Waals surface area (Å²) >= 11 is 0. The summed E-state index contributed by atoms with van der Waals surface area (Å²) in [6.45, 7) is 2.95. The minimum absolute atomic E-state index is 0.0692. The van der Waals surface area contributed by atoms with Crippen LogP contribution in [0.1, 0.15) is 34.0 Å². The lowest BCUT2D eigenvalue weighted by Gasteiger charge is -2.18. The van der Waals surface area contributed by atoms with E-state index in [1.807, 2.05) is 0 Å². The van der Waals surface area contributed by atoms with Crippen molar-refractivity contribution < 1.29 is 27.2 Å². The molecule has 0 fully saturated rings. The largest absolute Gasteiger partial charge is 0.416 e. The van der Waals surface area contributed by atoms with Gasteiger partial charge in [-0.1, -0.05) is 12.1 Å². The van der Waals surface area contributed by atoms with E-state index in [9.17, 15) is 31.9 Å². The van der Waals surface area contributed by atoms with E-state index in [4.69, 9.17) is 0 Å². The monoisotopic (exact) mass is 648 g/mol. The third-order valence-corrected chi connectivity index (χ3v) is 7.79. The molecule has 47 heavy (non-hydrogen) atoms. The molecule has 2 amide bonds. The normalized spacial score (nSPS) is 12.3. The second-order valence-electron chi connectivity index (χ2n) is 11.4. The van der Waals surface area contributed by atoms with Gasteiger partial charge in [0, 0.05) is 42.5 Å². The molecule has 0 unspecified atom stereocenters. The Hall–Kier alpha value is -5.30. The number of halogens is 4. The maximum Gasteiger partial charge on any atom is 0.416 e. The lowest BCUT2D eigenvalue weighted by Crippen LogP contribution is -2.38. The lowest BCUT2D eigenvalue weighted by atomic mass is 10.1. The van der Waals surface area contributed by atoms with Crippen molar-refractivity contribution in [3.63, 3.8) is 0 Å². The fraction of sp³-hybridized carbons (Fsp3) is 0.235. The van der Waals surface area contributed by atoms with E-state index in [1.54, 1.807) is 59.4 Å². The van der Waals surface area contributed by atoms with Crippen molar-refractivity contribution in [3.8, 4) is 17.1 Å². The first kappa shape index (κ1) is 33.1. The van der Waals surface area contributed by atoms with E-state index in [0.29, 0.717) is 27.6 Å². The maximum atomic E-state index is 14.3. The fourth-order valence-electron chi connectivity index (χ4n) is 5.21. The summed E-state index contributed by atoms with van der Waals surface area (Å²) in [6.07, 6.45) is -1.93. The van der Waals surface area contributed by atoms with Gasteiger partial charge in [-0.25, -0.2) is 9.37 Å². The zero-order chi connectivity index (χ0) is 34.2. The Morgan fingerprint density at radius 2 is 1.79 bits per heavy atom. The molecule has 5 rings (SSSR count). The SMILES string of the molecule is CN[C@@H](C)C(=O)Nc1cnc(-c2cccc(C(=O)N(C)C)c2)n(Cc2cc(-n3cc(C)c4cc(F)ccc43)cc(C(F)(F)F)c2)c1=O. The molecule has 0 bridgehead atoms. The molecule has 0 aliphatic carbocycles. The number of alkyl halides is 3. The number of benzene rings is 3. The Morgan fingerprint density at radius 1 is 1.04 bits per heavy atom. The number of hydrogen-bond acceptors (Lipinski definition) is 5. The minimum atomic E-state index is -4.74. The molecule has 244 valence electrons. The molecule has 2 N–H and O–H groups in total. The standard InChI is InChI=1S/C34H32F4N6O3/c1-19-17-43(29-10-9-25(35)15-27(19)29)26-12-21(11-24(14-26)34(36,37)38)18-44-30(22-7-6-8-23(13-22)32(46)42(4)5)40-16-28(33(44)47)41-31(45)20(2)39-3/h6-17,20,39H,18H2,1-5H3,(H,41,45)/t20-/m0/s1. The van der Waals surface area contributed by atoms with Gasteiger partial charge in [0.2, 0.25) is 5.91 Å². The zero-order valence-corrected chi connectivity index (χ0v) is 26.2. The zero-order valence-electron chi connectivity index (χ0n) is 26.2. The van der Waals surface area contributed by atoms with Gasteiger partial charge in [0.15, 0.2) is 0 Å². The Balaban J connectivity index is 1.70. The highest BCUT2D eigenvalue weighted by Crippen LogP contribution is 2.34. The van der Waals surface area contributed by atoms with Gasteiger partial charge in [-0.2, -0.15) is 13.2 Å². The van der Waals surface area contributed by atoms with Crippen LogP contribution in [-0.2, 0) is 17.5 Å². The van der Waals surface area contributed by atoms with Crippen molar-refractivity contribution in [3.05, 3.63) is 111 Å². The molecule has 13 heteroatoms. The van der Waals surface area contributed by atoms with Crippen molar-refractivity contribution in [1.29, 1.82) is 0 Å². The number of fused-ring (bicyclic) bond motifs is 1. The summed E-state index contributed by atoms with van der Waals surface area (Å²) in [5, 5.41) is 5.85. The van der Waals surface area contributed by atoms with Crippen LogP contribution in [0.3, 0.4) is 0 Å². The molecule has 5 aromatic rings. The second-order valence-corrected chi connectivity index (χ2v) is 11.4. The van der Waals surface area contributed by atoms with Gasteiger partial charge >= 0.3 is 6.18 Å². The van der Waals surface area contributed by atoms with Gasteiger partial charge in [0.1, 0.15) is 17.3 Å². The quantitative estimate of drug-likeness (QED) is 0.213.